The number of likely N-dealkylation sites (tertiary alicyclic amines) is 2. The smallest absolute Gasteiger partial charge is 0.270 e. The van der Waals surface area contributed by atoms with Crippen LogP contribution in [0.2, 0.25) is 0 Å². The fourth-order valence-corrected chi connectivity index (χ4v) is 11.0. The number of hydrogen-bond donors (Lipinski definition) is 3. The maximum atomic E-state index is 15.5. The zero-order valence-corrected chi connectivity index (χ0v) is 37.8. The van der Waals surface area contributed by atoms with Gasteiger partial charge in [-0.15, -0.1) is 0 Å². The van der Waals surface area contributed by atoms with Crippen LogP contribution >= 0.6 is 0 Å². The van der Waals surface area contributed by atoms with Crippen LogP contribution in [0.15, 0.2) is 43.0 Å². The molecule has 8 heterocycles. The number of amides is 6. The number of pyridine rings is 1. The number of carbonyl (C=O) groups is 6. The first-order valence-electron chi connectivity index (χ1n) is 23.9. The second kappa shape index (κ2) is 18.7. The van der Waals surface area contributed by atoms with Gasteiger partial charge in [0.05, 0.1) is 23.1 Å². The quantitative estimate of drug-likeness (QED) is 0.173. The molecular weight excluding hydrogens is 860 g/mol. The van der Waals surface area contributed by atoms with Crippen LogP contribution in [-0.4, -0.2) is 139 Å². The van der Waals surface area contributed by atoms with E-state index in [1.807, 2.05) is 35.2 Å². The second-order valence-electron chi connectivity index (χ2n) is 19.3. The SMILES string of the molecule is Cc1cccc(C(=O)NC2CC(n3cnc4c(NCCC5CCN(CC6CCN(C(=O)C7CCN(c8cc9c(cc8F)C(=O)N([C@H]8CCC(=O)NC8=O)C9=O)CC7)CC6)CC5)ncnc43)C2)n1. The number of imide groups is 2. The lowest BCUT2D eigenvalue weighted by molar-refractivity contribution is -0.138. The van der Waals surface area contributed by atoms with Crippen molar-refractivity contribution in [1.29, 1.82) is 0 Å². The summed E-state index contributed by atoms with van der Waals surface area (Å²) in [7, 11) is 0. The Morgan fingerprint density at radius 1 is 0.851 bits per heavy atom. The van der Waals surface area contributed by atoms with Gasteiger partial charge >= 0.3 is 0 Å². The van der Waals surface area contributed by atoms with E-state index in [-0.39, 0.29) is 59.5 Å². The Morgan fingerprint density at radius 2 is 1.58 bits per heavy atom. The molecule has 1 aliphatic carbocycles. The van der Waals surface area contributed by atoms with Gasteiger partial charge in [0, 0.05) is 69.4 Å². The van der Waals surface area contributed by atoms with Gasteiger partial charge in [0.15, 0.2) is 11.5 Å². The van der Waals surface area contributed by atoms with E-state index in [9.17, 15) is 28.8 Å². The number of imidazole rings is 1. The van der Waals surface area contributed by atoms with Crippen LogP contribution in [0.25, 0.3) is 11.2 Å². The highest BCUT2D eigenvalue weighted by molar-refractivity contribution is 6.23. The van der Waals surface area contributed by atoms with Crippen LogP contribution in [-0.2, 0) is 14.4 Å². The highest BCUT2D eigenvalue weighted by Crippen LogP contribution is 2.37. The minimum atomic E-state index is -1.12. The predicted octanol–water partition coefficient (Wildman–Crippen LogP) is 3.87. The molecule has 1 saturated carbocycles. The van der Waals surface area contributed by atoms with Gasteiger partial charge < -0.3 is 29.9 Å². The molecule has 6 amide bonds. The lowest BCUT2D eigenvalue weighted by Gasteiger charge is -2.40. The molecule has 18 nitrogen and oxygen atoms in total. The minimum absolute atomic E-state index is 0.00394. The number of nitrogens with zero attached hydrogens (tertiary/aromatic N) is 9. The van der Waals surface area contributed by atoms with E-state index in [4.69, 9.17) is 0 Å². The molecule has 6 aliphatic rings. The van der Waals surface area contributed by atoms with Crippen LogP contribution in [0.1, 0.15) is 114 Å². The molecule has 4 saturated heterocycles. The standard InChI is InChI=1S/C48H57FN12O6/c1-28-3-2-4-37(54-28)44(63)55-32-21-33(22-32)60-27-53-41-42(51-26-52-43(41)60)50-14-7-29-8-15-57(16-9-29)25-30-10-17-59(18-11-30)46(65)31-12-19-58(20-13-31)39-24-35-34(23-36(39)49)47(66)61(48(35)67)38-5-6-40(62)56-45(38)64/h2-4,23-24,26-27,29-33,38H,5-22,25H2,1H3,(H,55,63)(H,50,51,52)(H,56,62,64)/t32?,33?,38-/m0/s1. The summed E-state index contributed by atoms with van der Waals surface area (Å²) >= 11 is 0. The van der Waals surface area contributed by atoms with E-state index in [0.29, 0.717) is 43.5 Å². The summed E-state index contributed by atoms with van der Waals surface area (Å²) in [6.45, 7) is 8.23. The van der Waals surface area contributed by atoms with Gasteiger partial charge in [-0.25, -0.2) is 24.3 Å². The fraction of sp³-hybridized carbons (Fsp3) is 0.542. The Kier molecular flexibility index (Phi) is 12.4. The van der Waals surface area contributed by atoms with E-state index < -0.39 is 35.5 Å². The summed E-state index contributed by atoms with van der Waals surface area (Å²) in [5, 5.41) is 8.81. The monoisotopic (exact) mass is 916 g/mol. The van der Waals surface area contributed by atoms with Gasteiger partial charge in [-0.1, -0.05) is 6.07 Å². The van der Waals surface area contributed by atoms with Crippen molar-refractivity contribution in [3.8, 4) is 0 Å². The number of halogens is 1. The molecule has 3 aromatic heterocycles. The molecule has 1 aromatic carbocycles. The maximum absolute atomic E-state index is 15.5. The van der Waals surface area contributed by atoms with Gasteiger partial charge in [0.1, 0.15) is 29.4 Å². The van der Waals surface area contributed by atoms with Crippen LogP contribution < -0.4 is 20.9 Å². The third kappa shape index (κ3) is 9.09. The molecule has 0 bridgehead atoms. The van der Waals surface area contributed by atoms with Gasteiger partial charge in [-0.3, -0.25) is 39.0 Å². The molecule has 4 aromatic rings. The molecule has 19 heteroatoms. The Labute approximate surface area is 387 Å². The molecule has 10 rings (SSSR count). The Hall–Kier alpha value is -6.37. The number of anilines is 2. The molecule has 0 unspecified atom stereocenters. The number of nitrogens with one attached hydrogen (secondary N) is 3. The first kappa shape index (κ1) is 44.5. The zero-order chi connectivity index (χ0) is 46.3. The van der Waals surface area contributed by atoms with Crippen molar-refractivity contribution in [2.24, 2.45) is 17.8 Å². The minimum Gasteiger partial charge on any atom is -0.369 e. The van der Waals surface area contributed by atoms with E-state index in [1.54, 1.807) is 12.4 Å². The summed E-state index contributed by atoms with van der Waals surface area (Å²) in [5.41, 5.74) is 2.96. The molecule has 0 spiro atoms. The number of carbonyl (C=O) groups excluding carboxylic acids is 6. The first-order valence-corrected chi connectivity index (χ1v) is 23.9. The number of rotatable bonds is 12. The third-order valence-corrected chi connectivity index (χ3v) is 15.0. The number of fused-ring (bicyclic) bond motifs is 2. The van der Waals surface area contributed by atoms with E-state index >= 15 is 4.39 Å². The zero-order valence-electron chi connectivity index (χ0n) is 37.8. The van der Waals surface area contributed by atoms with Gasteiger partial charge in [0.25, 0.3) is 17.7 Å². The van der Waals surface area contributed by atoms with Crippen molar-refractivity contribution in [2.45, 2.75) is 95.7 Å². The molecule has 3 N–H and O–H groups in total. The summed E-state index contributed by atoms with van der Waals surface area (Å²) in [5.74, 6) is -1.45. The number of hydrogen-bond acceptors (Lipinski definition) is 13. The van der Waals surface area contributed by atoms with Gasteiger partial charge in [-0.05, 0) is 120 Å². The molecule has 5 aliphatic heterocycles. The molecule has 352 valence electrons. The molecular formula is C48H57FN12O6. The molecule has 67 heavy (non-hydrogen) atoms. The highest BCUT2D eigenvalue weighted by Gasteiger charge is 2.46. The number of piperidine rings is 4. The van der Waals surface area contributed by atoms with Crippen molar-refractivity contribution in [2.75, 3.05) is 62.6 Å². The summed E-state index contributed by atoms with van der Waals surface area (Å²) in [4.78, 5) is 102. The van der Waals surface area contributed by atoms with Crippen LogP contribution in [0.4, 0.5) is 15.9 Å². The summed E-state index contributed by atoms with van der Waals surface area (Å²) < 4.78 is 17.6. The average molecular weight is 917 g/mol. The van der Waals surface area contributed by atoms with Crippen molar-refractivity contribution in [1.82, 2.24) is 49.8 Å². The summed E-state index contributed by atoms with van der Waals surface area (Å²) in [6, 6.07) is 7.07. The molecule has 0 radical (unpaired) electrons. The average Bonchev–Trinajstić information content (AvgIpc) is 3.85. The second-order valence-corrected chi connectivity index (χ2v) is 19.3. The number of benzene rings is 1. The van der Waals surface area contributed by atoms with E-state index in [1.165, 1.54) is 6.07 Å². The van der Waals surface area contributed by atoms with Crippen LogP contribution in [0.3, 0.4) is 0 Å². The first-order chi connectivity index (χ1) is 32.5. The van der Waals surface area contributed by atoms with Gasteiger partial charge in [0.2, 0.25) is 17.7 Å². The number of aromatic nitrogens is 5. The van der Waals surface area contributed by atoms with Crippen molar-refractivity contribution in [3.05, 3.63) is 71.3 Å². The van der Waals surface area contributed by atoms with Crippen molar-refractivity contribution < 1.29 is 33.2 Å². The Bertz CT molecular complexity index is 2590. The highest BCUT2D eigenvalue weighted by atomic mass is 19.1. The summed E-state index contributed by atoms with van der Waals surface area (Å²) in [6.07, 6.45) is 11.5. The van der Waals surface area contributed by atoms with Crippen molar-refractivity contribution in [3.63, 3.8) is 0 Å². The molecule has 1 atom stereocenters. The molecule has 5 fully saturated rings. The largest absolute Gasteiger partial charge is 0.369 e. The van der Waals surface area contributed by atoms with Crippen LogP contribution in [0.5, 0.6) is 0 Å². The van der Waals surface area contributed by atoms with E-state index in [0.717, 1.165) is 118 Å². The maximum Gasteiger partial charge on any atom is 0.270 e. The Morgan fingerprint density at radius 3 is 2.31 bits per heavy atom. The van der Waals surface area contributed by atoms with Crippen molar-refractivity contribution >= 4 is 58.1 Å². The van der Waals surface area contributed by atoms with Gasteiger partial charge in [-0.2, -0.15) is 0 Å². The topological polar surface area (TPSA) is 208 Å². The third-order valence-electron chi connectivity index (χ3n) is 15.0. The number of aryl methyl sites for hydroxylation is 1. The lowest BCUT2D eigenvalue weighted by atomic mass is 9.86. The normalized spacial score (nSPS) is 23.4. The van der Waals surface area contributed by atoms with Crippen LogP contribution in [0, 0.1) is 30.5 Å². The Balaban J connectivity index is 0.626. The fourth-order valence-electron chi connectivity index (χ4n) is 11.0. The predicted molar refractivity (Wildman–Crippen MR) is 243 cm³/mol. The van der Waals surface area contributed by atoms with E-state index in [2.05, 4.69) is 45.4 Å². The lowest BCUT2D eigenvalue weighted by Crippen LogP contribution is -2.54.